The summed E-state index contributed by atoms with van der Waals surface area (Å²) in [7, 11) is 0. The average Bonchev–Trinajstić information content (AvgIpc) is 3.61. The van der Waals surface area contributed by atoms with Crippen LogP contribution in [0.1, 0.15) is 37.8 Å². The lowest BCUT2D eigenvalue weighted by molar-refractivity contribution is -0.121. The molecule has 0 unspecified atom stereocenters. The molecule has 13 nitrogen and oxygen atoms in total. The Labute approximate surface area is 229 Å². The smallest absolute Gasteiger partial charge is 0.315 e. The van der Waals surface area contributed by atoms with Crippen molar-refractivity contribution in [1.82, 2.24) is 36.3 Å². The summed E-state index contributed by atoms with van der Waals surface area (Å²) >= 11 is 1.91. The summed E-state index contributed by atoms with van der Waals surface area (Å²) in [5.41, 5.74) is 6.37. The molecule has 0 aromatic carbocycles. The molecule has 216 valence electrons. The third kappa shape index (κ3) is 11.8. The number of ether oxygens (including phenoxy) is 3. The molecule has 3 rings (SSSR count). The zero-order valence-electron chi connectivity index (χ0n) is 22.2. The maximum Gasteiger partial charge on any atom is 0.315 e. The van der Waals surface area contributed by atoms with E-state index in [1.807, 2.05) is 18.0 Å². The molecular formula is C24H44N8O5S. The fourth-order valence-electron chi connectivity index (χ4n) is 4.30. The SMILES string of the molecule is NCCCNCc1cn(CCOCCOCCOCCNC(=O)CCCC[C@@H]2SC[C@@H]3NC(=O)N[C@@H]32)nn1. The summed E-state index contributed by atoms with van der Waals surface area (Å²) in [6, 6.07) is 0.430. The van der Waals surface area contributed by atoms with Gasteiger partial charge in [0.25, 0.3) is 0 Å². The van der Waals surface area contributed by atoms with Crippen LogP contribution in [0.5, 0.6) is 0 Å². The molecule has 0 spiro atoms. The molecular weight excluding hydrogens is 512 g/mol. The van der Waals surface area contributed by atoms with Crippen LogP contribution >= 0.6 is 11.8 Å². The number of carbonyl (C=O) groups excluding carboxylic acids is 2. The van der Waals surface area contributed by atoms with Crippen LogP contribution < -0.4 is 27.0 Å². The zero-order chi connectivity index (χ0) is 26.8. The molecule has 38 heavy (non-hydrogen) atoms. The first-order valence-corrected chi connectivity index (χ1v) is 14.7. The Morgan fingerprint density at radius 3 is 2.68 bits per heavy atom. The standard InChI is InChI=1S/C24H44N8O5S/c25-6-3-7-26-16-19-17-32(31-30-19)9-11-36-13-15-37-14-12-35-10-8-27-22(33)5-2-1-4-21-23-20(18-38-21)28-24(34)29-23/h17,20-21,23,26H,1-16,18,25H2,(H,27,33)(H2,28,29,34)/t20-,21-,23-/m0/s1. The van der Waals surface area contributed by atoms with Crippen molar-refractivity contribution in [3.63, 3.8) is 0 Å². The Morgan fingerprint density at radius 1 is 1.08 bits per heavy atom. The molecule has 14 heteroatoms. The predicted molar refractivity (Wildman–Crippen MR) is 145 cm³/mol. The highest BCUT2D eigenvalue weighted by Gasteiger charge is 2.42. The van der Waals surface area contributed by atoms with Gasteiger partial charge in [0.05, 0.1) is 64.0 Å². The van der Waals surface area contributed by atoms with Crippen LogP contribution in [0.4, 0.5) is 4.79 Å². The van der Waals surface area contributed by atoms with E-state index in [2.05, 4.69) is 31.6 Å². The number of nitrogens with one attached hydrogen (secondary N) is 4. The minimum atomic E-state index is -0.0552. The zero-order valence-corrected chi connectivity index (χ0v) is 23.0. The van der Waals surface area contributed by atoms with Crippen molar-refractivity contribution >= 4 is 23.7 Å². The second-order valence-corrected chi connectivity index (χ2v) is 10.6. The van der Waals surface area contributed by atoms with E-state index in [4.69, 9.17) is 19.9 Å². The number of hydrogen-bond acceptors (Lipinski definition) is 10. The highest BCUT2D eigenvalue weighted by atomic mass is 32.2. The Bertz CT molecular complexity index is 817. The van der Waals surface area contributed by atoms with E-state index in [0.29, 0.717) is 77.5 Å². The highest BCUT2D eigenvalue weighted by Crippen LogP contribution is 2.33. The lowest BCUT2D eigenvalue weighted by Gasteiger charge is -2.16. The molecule has 0 aliphatic carbocycles. The molecule has 0 saturated carbocycles. The molecule has 3 amide bonds. The summed E-state index contributed by atoms with van der Waals surface area (Å²) in [6.45, 7) is 6.34. The van der Waals surface area contributed by atoms with E-state index in [1.165, 1.54) is 0 Å². The van der Waals surface area contributed by atoms with Crippen molar-refractivity contribution in [3.05, 3.63) is 11.9 Å². The van der Waals surface area contributed by atoms with Gasteiger partial charge in [-0.15, -0.1) is 5.10 Å². The number of thioether (sulfide) groups is 1. The second kappa shape index (κ2) is 18.3. The Morgan fingerprint density at radius 2 is 1.87 bits per heavy atom. The van der Waals surface area contributed by atoms with Crippen LogP contribution in [0.3, 0.4) is 0 Å². The Hall–Kier alpha value is -1.97. The minimum Gasteiger partial charge on any atom is -0.377 e. The third-order valence-corrected chi connectivity index (χ3v) is 7.82. The number of fused-ring (bicyclic) bond motifs is 1. The van der Waals surface area contributed by atoms with Crippen molar-refractivity contribution in [2.75, 3.05) is 65.0 Å². The highest BCUT2D eigenvalue weighted by molar-refractivity contribution is 8.00. The summed E-state index contributed by atoms with van der Waals surface area (Å²) in [6.07, 6.45) is 6.23. The van der Waals surface area contributed by atoms with Crippen molar-refractivity contribution in [3.8, 4) is 0 Å². The average molecular weight is 557 g/mol. The summed E-state index contributed by atoms with van der Waals surface area (Å²) in [5.74, 6) is 1.02. The van der Waals surface area contributed by atoms with Gasteiger partial charge in [0.15, 0.2) is 0 Å². The van der Waals surface area contributed by atoms with Crippen LogP contribution in [0.15, 0.2) is 6.20 Å². The molecule has 2 fully saturated rings. The van der Waals surface area contributed by atoms with Gasteiger partial charge in [-0.3, -0.25) is 4.79 Å². The van der Waals surface area contributed by atoms with E-state index < -0.39 is 0 Å². The fraction of sp³-hybridized carbons (Fsp3) is 0.833. The quantitative estimate of drug-likeness (QED) is 0.0937. The van der Waals surface area contributed by atoms with Crippen molar-refractivity contribution < 1.29 is 23.8 Å². The van der Waals surface area contributed by atoms with E-state index in [9.17, 15) is 9.59 Å². The number of nitrogens with zero attached hydrogens (tertiary/aromatic N) is 3. The van der Waals surface area contributed by atoms with Crippen LogP contribution in [-0.4, -0.2) is 109 Å². The third-order valence-electron chi connectivity index (χ3n) is 6.31. The molecule has 2 aliphatic heterocycles. The maximum atomic E-state index is 12.0. The van der Waals surface area contributed by atoms with Crippen LogP contribution in [0.2, 0.25) is 0 Å². The molecule has 2 saturated heterocycles. The number of aromatic nitrogens is 3. The number of nitrogens with two attached hydrogens (primary N) is 1. The van der Waals surface area contributed by atoms with E-state index in [0.717, 1.165) is 43.7 Å². The van der Waals surface area contributed by atoms with Gasteiger partial charge < -0.3 is 41.2 Å². The first kappa shape index (κ1) is 30.6. The lowest BCUT2D eigenvalue weighted by atomic mass is 10.0. The van der Waals surface area contributed by atoms with Gasteiger partial charge in [0.2, 0.25) is 5.91 Å². The largest absolute Gasteiger partial charge is 0.377 e. The molecule has 3 atom stereocenters. The predicted octanol–water partition coefficient (Wildman–Crippen LogP) is -0.392. The lowest BCUT2D eigenvalue weighted by Crippen LogP contribution is -2.36. The Kier molecular flexibility index (Phi) is 14.8. The van der Waals surface area contributed by atoms with Crippen molar-refractivity contribution in [1.29, 1.82) is 0 Å². The van der Waals surface area contributed by atoms with E-state index in [1.54, 1.807) is 4.68 Å². The van der Waals surface area contributed by atoms with Gasteiger partial charge >= 0.3 is 6.03 Å². The first-order chi connectivity index (χ1) is 18.7. The number of carbonyl (C=O) groups is 2. The minimum absolute atomic E-state index is 0.0519. The van der Waals surface area contributed by atoms with Gasteiger partial charge in [-0.2, -0.15) is 11.8 Å². The second-order valence-electron chi connectivity index (χ2n) is 9.35. The molecule has 0 bridgehead atoms. The number of urea groups is 1. The molecule has 2 aliphatic rings. The molecule has 0 radical (unpaired) electrons. The first-order valence-electron chi connectivity index (χ1n) is 13.6. The number of hydrogen-bond donors (Lipinski definition) is 5. The van der Waals surface area contributed by atoms with Crippen LogP contribution in [-0.2, 0) is 32.1 Å². The number of amides is 3. The normalized spacial score (nSPS) is 20.3. The van der Waals surface area contributed by atoms with Gasteiger partial charge in [-0.25, -0.2) is 9.48 Å². The summed E-state index contributed by atoms with van der Waals surface area (Å²) in [5, 5.41) is 20.8. The molecule has 1 aromatic heterocycles. The van der Waals surface area contributed by atoms with Crippen LogP contribution in [0.25, 0.3) is 0 Å². The fourth-order valence-corrected chi connectivity index (χ4v) is 5.84. The van der Waals surface area contributed by atoms with Crippen molar-refractivity contribution in [2.45, 2.75) is 62.5 Å². The van der Waals surface area contributed by atoms with Gasteiger partial charge in [0, 0.05) is 36.7 Å². The summed E-state index contributed by atoms with van der Waals surface area (Å²) < 4.78 is 18.3. The monoisotopic (exact) mass is 556 g/mol. The van der Waals surface area contributed by atoms with Crippen LogP contribution in [0, 0.1) is 0 Å². The van der Waals surface area contributed by atoms with E-state index >= 15 is 0 Å². The van der Waals surface area contributed by atoms with Gasteiger partial charge in [0.1, 0.15) is 0 Å². The van der Waals surface area contributed by atoms with E-state index in [-0.39, 0.29) is 24.0 Å². The topological polar surface area (TPSA) is 167 Å². The number of unbranched alkanes of at least 4 members (excludes halogenated alkanes) is 1. The maximum absolute atomic E-state index is 12.0. The van der Waals surface area contributed by atoms with Gasteiger partial charge in [-0.05, 0) is 32.4 Å². The van der Waals surface area contributed by atoms with Gasteiger partial charge in [-0.1, -0.05) is 11.6 Å². The Balaban J connectivity index is 1.04. The number of rotatable bonds is 22. The molecule has 6 N–H and O–H groups in total. The molecule has 1 aromatic rings. The molecule has 3 heterocycles. The summed E-state index contributed by atoms with van der Waals surface area (Å²) in [4.78, 5) is 23.4. The van der Waals surface area contributed by atoms with Crippen molar-refractivity contribution in [2.24, 2.45) is 5.73 Å².